The van der Waals surface area contributed by atoms with Crippen LogP contribution < -0.4 is 5.73 Å². The number of alkyl halides is 3. The number of halogens is 3. The lowest BCUT2D eigenvalue weighted by molar-refractivity contribution is -0.148. The highest BCUT2D eigenvalue weighted by Gasteiger charge is 2.56. The van der Waals surface area contributed by atoms with E-state index in [2.05, 4.69) is 0 Å². The van der Waals surface area contributed by atoms with Crippen molar-refractivity contribution >= 4 is 5.69 Å². The van der Waals surface area contributed by atoms with Crippen LogP contribution in [0.15, 0.2) is 24.3 Å². The van der Waals surface area contributed by atoms with Crippen LogP contribution in [0.1, 0.15) is 17.9 Å². The van der Waals surface area contributed by atoms with Gasteiger partial charge in [0, 0.05) is 5.69 Å². The summed E-state index contributed by atoms with van der Waals surface area (Å²) in [6, 6.07) is 6.69. The average Bonchev–Trinajstić information content (AvgIpc) is 2.81. The Bertz CT molecular complexity index is 345. The third-order valence-corrected chi connectivity index (χ3v) is 2.55. The fourth-order valence-corrected chi connectivity index (χ4v) is 1.71. The van der Waals surface area contributed by atoms with Gasteiger partial charge in [-0.15, -0.1) is 0 Å². The summed E-state index contributed by atoms with van der Waals surface area (Å²) in [5.41, 5.74) is 6.72. The van der Waals surface area contributed by atoms with E-state index in [1.807, 2.05) is 0 Å². The maximum absolute atomic E-state index is 12.2. The first kappa shape index (κ1) is 9.37. The first-order valence-electron chi connectivity index (χ1n) is 4.40. The van der Waals surface area contributed by atoms with Gasteiger partial charge in [0.05, 0.1) is 5.92 Å². The molecule has 76 valence electrons. The van der Waals surface area contributed by atoms with Crippen LogP contribution in [0.3, 0.4) is 0 Å². The van der Waals surface area contributed by atoms with Crippen molar-refractivity contribution < 1.29 is 13.2 Å². The summed E-state index contributed by atoms with van der Waals surface area (Å²) in [4.78, 5) is 0. The molecule has 2 atom stereocenters. The van der Waals surface area contributed by atoms with Crippen LogP contribution in [-0.2, 0) is 0 Å². The van der Waals surface area contributed by atoms with Crippen molar-refractivity contribution in [2.24, 2.45) is 5.92 Å². The Labute approximate surface area is 79.7 Å². The summed E-state index contributed by atoms with van der Waals surface area (Å²) in [5, 5.41) is 0. The normalized spacial score (nSPS) is 26.2. The molecule has 2 unspecified atom stereocenters. The van der Waals surface area contributed by atoms with Crippen LogP contribution in [0.4, 0.5) is 18.9 Å². The van der Waals surface area contributed by atoms with Crippen LogP contribution in [0.25, 0.3) is 0 Å². The zero-order valence-electron chi connectivity index (χ0n) is 7.38. The monoisotopic (exact) mass is 201 g/mol. The van der Waals surface area contributed by atoms with E-state index in [0.29, 0.717) is 11.3 Å². The van der Waals surface area contributed by atoms with Crippen molar-refractivity contribution in [1.29, 1.82) is 0 Å². The average molecular weight is 201 g/mol. The van der Waals surface area contributed by atoms with E-state index >= 15 is 0 Å². The number of hydrogen-bond donors (Lipinski definition) is 1. The second-order valence-corrected chi connectivity index (χ2v) is 3.66. The van der Waals surface area contributed by atoms with Gasteiger partial charge in [-0.05, 0) is 30.0 Å². The Hall–Kier alpha value is -1.19. The molecule has 0 saturated heterocycles. The van der Waals surface area contributed by atoms with Crippen LogP contribution in [0.2, 0.25) is 0 Å². The van der Waals surface area contributed by atoms with Gasteiger partial charge in [0.1, 0.15) is 0 Å². The van der Waals surface area contributed by atoms with Gasteiger partial charge in [-0.1, -0.05) is 12.1 Å². The lowest BCUT2D eigenvalue weighted by atomic mass is 10.1. The summed E-state index contributed by atoms with van der Waals surface area (Å²) in [6.45, 7) is 0. The lowest BCUT2D eigenvalue weighted by Crippen LogP contribution is -2.11. The third-order valence-electron chi connectivity index (χ3n) is 2.55. The molecule has 0 spiro atoms. The molecule has 1 fully saturated rings. The van der Waals surface area contributed by atoms with Crippen LogP contribution >= 0.6 is 0 Å². The van der Waals surface area contributed by atoms with Crippen molar-refractivity contribution in [2.75, 3.05) is 5.73 Å². The highest BCUT2D eigenvalue weighted by molar-refractivity contribution is 5.43. The minimum Gasteiger partial charge on any atom is -0.399 e. The molecule has 1 nitrogen and oxygen atoms in total. The third kappa shape index (κ3) is 1.69. The Balaban J connectivity index is 2.14. The number of nitrogens with two attached hydrogens (primary N) is 1. The van der Waals surface area contributed by atoms with Gasteiger partial charge in [-0.25, -0.2) is 0 Å². The van der Waals surface area contributed by atoms with Gasteiger partial charge in [-0.2, -0.15) is 13.2 Å². The van der Waals surface area contributed by atoms with Gasteiger partial charge in [-0.3, -0.25) is 0 Å². The first-order valence-corrected chi connectivity index (χ1v) is 4.40. The second kappa shape index (κ2) is 2.90. The van der Waals surface area contributed by atoms with Crippen molar-refractivity contribution in [2.45, 2.75) is 18.5 Å². The maximum Gasteiger partial charge on any atom is 0.392 e. The molecule has 1 aliphatic carbocycles. The summed E-state index contributed by atoms with van der Waals surface area (Å²) in [5.74, 6) is -1.54. The van der Waals surface area contributed by atoms with Gasteiger partial charge in [0.15, 0.2) is 0 Å². The second-order valence-electron chi connectivity index (χ2n) is 3.66. The van der Waals surface area contributed by atoms with Crippen LogP contribution in [-0.4, -0.2) is 6.18 Å². The smallest absolute Gasteiger partial charge is 0.392 e. The Kier molecular flexibility index (Phi) is 1.94. The fraction of sp³-hybridized carbons (Fsp3) is 0.400. The molecule has 0 amide bonds. The summed E-state index contributed by atoms with van der Waals surface area (Å²) in [7, 11) is 0. The molecule has 0 bridgehead atoms. The molecule has 0 aliphatic heterocycles. The minimum absolute atomic E-state index is 0.201. The fourth-order valence-electron chi connectivity index (χ4n) is 1.71. The molecule has 2 rings (SSSR count). The predicted molar refractivity (Wildman–Crippen MR) is 47.8 cm³/mol. The maximum atomic E-state index is 12.2. The van der Waals surface area contributed by atoms with Crippen LogP contribution in [0, 0.1) is 5.92 Å². The van der Waals surface area contributed by atoms with E-state index in [1.165, 1.54) is 0 Å². The number of anilines is 1. The topological polar surface area (TPSA) is 26.0 Å². The lowest BCUT2D eigenvalue weighted by Gasteiger charge is -2.05. The van der Waals surface area contributed by atoms with E-state index in [4.69, 9.17) is 5.73 Å². The highest BCUT2D eigenvalue weighted by Crippen LogP contribution is 2.56. The summed E-state index contributed by atoms with van der Waals surface area (Å²) >= 11 is 0. The molecule has 1 aromatic rings. The zero-order chi connectivity index (χ0) is 10.3. The van der Waals surface area contributed by atoms with Crippen molar-refractivity contribution in [3.63, 3.8) is 0 Å². The van der Waals surface area contributed by atoms with Gasteiger partial charge in [0.2, 0.25) is 0 Å². The molecule has 4 heteroatoms. The molecule has 0 heterocycles. The van der Waals surface area contributed by atoms with Gasteiger partial charge in [0.25, 0.3) is 0 Å². The Morgan fingerprint density at radius 3 is 2.50 bits per heavy atom. The Morgan fingerprint density at radius 2 is 2.00 bits per heavy atom. The molecular formula is C10H10F3N. The van der Waals surface area contributed by atoms with E-state index in [9.17, 15) is 13.2 Å². The van der Waals surface area contributed by atoms with Gasteiger partial charge >= 0.3 is 6.18 Å². The van der Waals surface area contributed by atoms with Crippen molar-refractivity contribution in [3.8, 4) is 0 Å². The SMILES string of the molecule is Nc1cccc(C2CC2C(F)(F)F)c1. The molecule has 1 aromatic carbocycles. The quantitative estimate of drug-likeness (QED) is 0.694. The molecule has 1 saturated carbocycles. The minimum atomic E-state index is -4.06. The number of benzene rings is 1. The van der Waals surface area contributed by atoms with Crippen LogP contribution in [0.5, 0.6) is 0 Å². The van der Waals surface area contributed by atoms with Crippen molar-refractivity contribution in [1.82, 2.24) is 0 Å². The molecular weight excluding hydrogens is 191 g/mol. The van der Waals surface area contributed by atoms with E-state index in [1.54, 1.807) is 24.3 Å². The van der Waals surface area contributed by atoms with E-state index in [0.717, 1.165) is 0 Å². The number of hydrogen-bond acceptors (Lipinski definition) is 1. The summed E-state index contributed by atoms with van der Waals surface area (Å²) in [6.07, 6.45) is -3.86. The zero-order valence-corrected chi connectivity index (χ0v) is 7.38. The number of nitrogen functional groups attached to an aromatic ring is 1. The molecule has 14 heavy (non-hydrogen) atoms. The number of rotatable bonds is 1. The van der Waals surface area contributed by atoms with Crippen molar-refractivity contribution in [3.05, 3.63) is 29.8 Å². The predicted octanol–water partition coefficient (Wildman–Crippen LogP) is 2.93. The largest absolute Gasteiger partial charge is 0.399 e. The molecule has 0 aromatic heterocycles. The highest BCUT2D eigenvalue weighted by atomic mass is 19.4. The standard InChI is InChI=1S/C10H10F3N/c11-10(12,13)9-5-8(9)6-2-1-3-7(14)4-6/h1-4,8-9H,5,14H2. The molecule has 1 aliphatic rings. The van der Waals surface area contributed by atoms with Gasteiger partial charge < -0.3 is 5.73 Å². The summed E-state index contributed by atoms with van der Waals surface area (Å²) < 4.78 is 36.7. The Morgan fingerprint density at radius 1 is 1.29 bits per heavy atom. The molecule has 2 N–H and O–H groups in total. The first-order chi connectivity index (χ1) is 6.48. The van der Waals surface area contributed by atoms with E-state index < -0.39 is 12.1 Å². The van der Waals surface area contributed by atoms with E-state index in [-0.39, 0.29) is 12.3 Å². The molecule has 0 radical (unpaired) electrons.